The van der Waals surface area contributed by atoms with Gasteiger partial charge in [0, 0.05) is 12.6 Å². The molecule has 0 fully saturated rings. The Morgan fingerprint density at radius 2 is 2.67 bits per heavy atom. The van der Waals surface area contributed by atoms with Crippen LogP contribution >= 0.6 is 12.6 Å². The summed E-state index contributed by atoms with van der Waals surface area (Å²) in [5, 5.41) is 3.55. The highest BCUT2D eigenvalue weighted by Crippen LogP contribution is 2.15. The van der Waals surface area contributed by atoms with E-state index in [1.807, 2.05) is 0 Å². The SMILES string of the molecule is CC1(C(=O)S)CC=NN1. The number of nitrogens with one attached hydrogen (secondary N) is 1. The molecule has 0 amide bonds. The van der Waals surface area contributed by atoms with Gasteiger partial charge >= 0.3 is 0 Å². The molecular formula is C5H8N2OS. The van der Waals surface area contributed by atoms with Crippen LogP contribution in [0.15, 0.2) is 5.10 Å². The van der Waals surface area contributed by atoms with Gasteiger partial charge in [0.15, 0.2) is 0 Å². The molecule has 1 aliphatic heterocycles. The molecule has 1 aliphatic rings. The summed E-state index contributed by atoms with van der Waals surface area (Å²) in [6.45, 7) is 1.77. The molecule has 9 heavy (non-hydrogen) atoms. The molecule has 0 aromatic rings. The van der Waals surface area contributed by atoms with E-state index >= 15 is 0 Å². The van der Waals surface area contributed by atoms with Crippen LogP contribution in [0.25, 0.3) is 0 Å². The quantitative estimate of drug-likeness (QED) is 0.515. The molecule has 1 heterocycles. The molecule has 0 saturated heterocycles. The van der Waals surface area contributed by atoms with Crippen molar-refractivity contribution in [1.29, 1.82) is 0 Å². The maximum atomic E-state index is 10.7. The zero-order chi connectivity index (χ0) is 6.91. The van der Waals surface area contributed by atoms with Crippen molar-refractivity contribution in [2.24, 2.45) is 5.10 Å². The summed E-state index contributed by atoms with van der Waals surface area (Å²) in [6, 6.07) is 0. The number of thiol groups is 1. The second-order valence-corrected chi connectivity index (χ2v) is 2.67. The first-order valence-corrected chi connectivity index (χ1v) is 3.12. The highest BCUT2D eigenvalue weighted by atomic mass is 32.1. The summed E-state index contributed by atoms with van der Waals surface area (Å²) in [5.41, 5.74) is 2.12. The number of nitrogens with zero attached hydrogens (tertiary/aromatic N) is 1. The first kappa shape index (κ1) is 6.61. The van der Waals surface area contributed by atoms with Crippen LogP contribution in [0.3, 0.4) is 0 Å². The fourth-order valence-electron chi connectivity index (χ4n) is 0.597. The van der Waals surface area contributed by atoms with Crippen LogP contribution in [0, 0.1) is 0 Å². The molecule has 1 N–H and O–H groups in total. The van der Waals surface area contributed by atoms with Crippen LogP contribution in [-0.4, -0.2) is 16.9 Å². The van der Waals surface area contributed by atoms with Crippen molar-refractivity contribution >= 4 is 24.0 Å². The number of hydrogen-bond acceptors (Lipinski definition) is 3. The van der Waals surface area contributed by atoms with Crippen LogP contribution in [0.5, 0.6) is 0 Å². The van der Waals surface area contributed by atoms with E-state index in [2.05, 4.69) is 23.2 Å². The third-order valence-corrected chi connectivity index (χ3v) is 1.87. The fourth-order valence-corrected chi connectivity index (χ4v) is 0.738. The number of rotatable bonds is 1. The van der Waals surface area contributed by atoms with Gasteiger partial charge in [-0.25, -0.2) is 0 Å². The highest BCUT2D eigenvalue weighted by Gasteiger charge is 2.31. The van der Waals surface area contributed by atoms with Crippen molar-refractivity contribution in [1.82, 2.24) is 5.43 Å². The lowest BCUT2D eigenvalue weighted by Gasteiger charge is -2.17. The van der Waals surface area contributed by atoms with Gasteiger partial charge in [-0.2, -0.15) is 5.10 Å². The summed E-state index contributed by atoms with van der Waals surface area (Å²) in [7, 11) is 0. The van der Waals surface area contributed by atoms with Crippen molar-refractivity contribution in [2.45, 2.75) is 18.9 Å². The van der Waals surface area contributed by atoms with Gasteiger partial charge in [0.05, 0.1) is 0 Å². The Bertz CT molecular complexity index is 158. The van der Waals surface area contributed by atoms with E-state index in [1.165, 1.54) is 0 Å². The van der Waals surface area contributed by atoms with Crippen molar-refractivity contribution in [3.63, 3.8) is 0 Å². The third kappa shape index (κ3) is 1.08. The first-order valence-electron chi connectivity index (χ1n) is 2.67. The van der Waals surface area contributed by atoms with Gasteiger partial charge in [0.2, 0.25) is 5.12 Å². The first-order chi connectivity index (χ1) is 4.15. The standard InChI is InChI=1S/C5H8N2OS/c1-5(4(8)9)2-3-6-7-5/h3,7H,2H2,1H3,(H,8,9). The van der Waals surface area contributed by atoms with Gasteiger partial charge < -0.3 is 0 Å². The Balaban J connectivity index is 2.66. The molecule has 0 radical (unpaired) electrons. The summed E-state index contributed by atoms with van der Waals surface area (Å²) < 4.78 is 0. The van der Waals surface area contributed by atoms with Gasteiger partial charge in [0.25, 0.3) is 0 Å². The molecular weight excluding hydrogens is 136 g/mol. The zero-order valence-electron chi connectivity index (χ0n) is 5.09. The molecule has 0 spiro atoms. The molecule has 4 heteroatoms. The maximum Gasteiger partial charge on any atom is 0.212 e. The minimum atomic E-state index is -0.552. The van der Waals surface area contributed by atoms with E-state index in [9.17, 15) is 4.79 Å². The Kier molecular flexibility index (Phi) is 1.48. The van der Waals surface area contributed by atoms with Gasteiger partial charge in [-0.05, 0) is 6.92 Å². The van der Waals surface area contributed by atoms with E-state index in [0.717, 1.165) is 0 Å². The average molecular weight is 144 g/mol. The molecule has 3 nitrogen and oxygen atoms in total. The number of carbonyl (C=O) groups is 1. The van der Waals surface area contributed by atoms with Crippen molar-refractivity contribution in [3.8, 4) is 0 Å². The van der Waals surface area contributed by atoms with Crippen LogP contribution in [0.1, 0.15) is 13.3 Å². The molecule has 1 unspecified atom stereocenters. The highest BCUT2D eigenvalue weighted by molar-refractivity contribution is 7.96. The van der Waals surface area contributed by atoms with E-state index in [0.29, 0.717) is 6.42 Å². The lowest BCUT2D eigenvalue weighted by Crippen LogP contribution is -2.41. The summed E-state index contributed by atoms with van der Waals surface area (Å²) >= 11 is 3.70. The van der Waals surface area contributed by atoms with Crippen LogP contribution in [0.4, 0.5) is 0 Å². The largest absolute Gasteiger partial charge is 0.296 e. The minimum absolute atomic E-state index is 0.167. The predicted octanol–water partition coefficient (Wildman–Crippen LogP) is 0.181. The maximum absolute atomic E-state index is 10.7. The average Bonchev–Trinajstić information content (AvgIpc) is 2.16. The molecule has 0 saturated carbocycles. The monoisotopic (exact) mass is 144 g/mol. The van der Waals surface area contributed by atoms with Crippen molar-refractivity contribution < 1.29 is 4.79 Å². The van der Waals surface area contributed by atoms with Crippen LogP contribution in [0.2, 0.25) is 0 Å². The molecule has 1 rings (SSSR count). The molecule has 0 aromatic heterocycles. The Labute approximate surface area is 58.9 Å². The van der Waals surface area contributed by atoms with Gasteiger partial charge in [-0.15, -0.1) is 12.6 Å². The fraction of sp³-hybridized carbons (Fsp3) is 0.600. The number of carbonyl (C=O) groups excluding carboxylic acids is 1. The third-order valence-electron chi connectivity index (χ3n) is 1.37. The summed E-state index contributed by atoms with van der Waals surface area (Å²) in [5.74, 6) is 0. The van der Waals surface area contributed by atoms with E-state index in [4.69, 9.17) is 0 Å². The molecule has 50 valence electrons. The Morgan fingerprint density at radius 1 is 2.00 bits per heavy atom. The summed E-state index contributed by atoms with van der Waals surface area (Å²) in [6.07, 6.45) is 2.31. The van der Waals surface area contributed by atoms with Crippen molar-refractivity contribution in [2.75, 3.05) is 0 Å². The lowest BCUT2D eigenvalue weighted by atomic mass is 10.0. The molecule has 0 aromatic carbocycles. The number of hydrazone groups is 1. The van der Waals surface area contributed by atoms with Gasteiger partial charge in [-0.1, -0.05) is 0 Å². The van der Waals surface area contributed by atoms with Crippen LogP contribution < -0.4 is 5.43 Å². The van der Waals surface area contributed by atoms with E-state index in [1.54, 1.807) is 13.1 Å². The lowest BCUT2D eigenvalue weighted by molar-refractivity contribution is -0.115. The zero-order valence-corrected chi connectivity index (χ0v) is 5.98. The van der Waals surface area contributed by atoms with Gasteiger partial charge in [-0.3, -0.25) is 10.2 Å². The topological polar surface area (TPSA) is 41.5 Å². The van der Waals surface area contributed by atoms with E-state index in [-0.39, 0.29) is 5.12 Å². The predicted molar refractivity (Wildman–Crippen MR) is 38.6 cm³/mol. The normalized spacial score (nSPS) is 32.2. The molecule has 1 atom stereocenters. The molecule has 0 aliphatic carbocycles. The second-order valence-electron chi connectivity index (χ2n) is 2.26. The van der Waals surface area contributed by atoms with Crippen LogP contribution in [-0.2, 0) is 4.79 Å². The molecule has 0 bridgehead atoms. The number of hydrogen-bond donors (Lipinski definition) is 2. The Hall–Kier alpha value is -0.510. The Morgan fingerprint density at radius 3 is 2.89 bits per heavy atom. The smallest absolute Gasteiger partial charge is 0.212 e. The summed E-state index contributed by atoms with van der Waals surface area (Å²) in [4.78, 5) is 10.7. The van der Waals surface area contributed by atoms with Gasteiger partial charge in [0.1, 0.15) is 5.54 Å². The van der Waals surface area contributed by atoms with Crippen molar-refractivity contribution in [3.05, 3.63) is 0 Å². The second kappa shape index (κ2) is 2.02. The van der Waals surface area contributed by atoms with E-state index < -0.39 is 5.54 Å². The minimum Gasteiger partial charge on any atom is -0.296 e.